The first-order valence-corrected chi connectivity index (χ1v) is 11.4. The molecule has 1 saturated heterocycles. The summed E-state index contributed by atoms with van der Waals surface area (Å²) in [4.78, 5) is 23.8. The molecule has 3 rings (SSSR count). The number of hydrogen-bond acceptors (Lipinski definition) is 6. The van der Waals surface area contributed by atoms with Gasteiger partial charge >= 0.3 is 5.97 Å². The summed E-state index contributed by atoms with van der Waals surface area (Å²) in [5.74, 6) is 2.19. The molecule has 0 amide bonds. The monoisotopic (exact) mass is 466 g/mol. The van der Waals surface area contributed by atoms with Gasteiger partial charge in [0.2, 0.25) is 0 Å². The average Bonchev–Trinajstić information content (AvgIpc) is 2.72. The average molecular weight is 467 g/mol. The van der Waals surface area contributed by atoms with E-state index in [-0.39, 0.29) is 19.0 Å². The van der Waals surface area contributed by atoms with E-state index in [4.69, 9.17) is 9.47 Å². The lowest BCUT2D eigenvalue weighted by molar-refractivity contribution is -0.144. The Hall–Kier alpha value is -1.44. The van der Waals surface area contributed by atoms with Gasteiger partial charge in [0, 0.05) is 10.0 Å². The highest BCUT2D eigenvalue weighted by molar-refractivity contribution is 9.10. The molecule has 142 valence electrons. The Morgan fingerprint density at radius 3 is 2.30 bits per heavy atom. The van der Waals surface area contributed by atoms with Crippen LogP contribution >= 0.6 is 39.5 Å². The van der Waals surface area contributed by atoms with Crippen molar-refractivity contribution >= 4 is 51.2 Å². The van der Waals surface area contributed by atoms with Crippen molar-refractivity contribution < 1.29 is 19.1 Å². The van der Waals surface area contributed by atoms with Gasteiger partial charge in [-0.25, -0.2) is 4.79 Å². The summed E-state index contributed by atoms with van der Waals surface area (Å²) in [5, 5.41) is 0. The Bertz CT molecular complexity index is 772. The molecule has 2 aromatic rings. The Labute approximate surface area is 175 Å². The second-order valence-electron chi connectivity index (χ2n) is 5.88. The van der Waals surface area contributed by atoms with Crippen LogP contribution in [-0.4, -0.2) is 36.5 Å². The van der Waals surface area contributed by atoms with Gasteiger partial charge in [0.25, 0.3) is 0 Å². The fourth-order valence-corrected chi connectivity index (χ4v) is 5.61. The molecule has 0 atom stereocenters. The number of rotatable bonds is 7. The van der Waals surface area contributed by atoms with Crippen LogP contribution in [0.15, 0.2) is 53.0 Å². The number of hydrogen-bond donors (Lipinski definition) is 0. The van der Waals surface area contributed by atoms with E-state index in [1.54, 1.807) is 24.3 Å². The summed E-state index contributed by atoms with van der Waals surface area (Å²) in [6.07, 6.45) is 1.26. The molecule has 0 N–H and O–H groups in total. The van der Waals surface area contributed by atoms with Crippen molar-refractivity contribution in [3.63, 3.8) is 0 Å². The molecule has 1 fully saturated rings. The topological polar surface area (TPSA) is 52.6 Å². The van der Waals surface area contributed by atoms with E-state index in [0.717, 1.165) is 4.47 Å². The maximum absolute atomic E-state index is 12.0. The van der Waals surface area contributed by atoms with Crippen molar-refractivity contribution in [1.29, 1.82) is 0 Å². The van der Waals surface area contributed by atoms with Crippen molar-refractivity contribution in [1.82, 2.24) is 0 Å². The standard InChI is InChI=1S/C20H19BrO4S2/c21-16-6-2-14(3-7-16)18(22)12-25-19(23)13-24-17-8-4-15(5-9-17)20-26-10-1-11-27-20/h2-9,20H,1,10-13H2. The Morgan fingerprint density at radius 2 is 1.63 bits per heavy atom. The number of carbonyl (C=O) groups excluding carboxylic acids is 2. The van der Waals surface area contributed by atoms with E-state index in [9.17, 15) is 9.59 Å². The summed E-state index contributed by atoms with van der Waals surface area (Å²) < 4.78 is 11.8. The van der Waals surface area contributed by atoms with Crippen LogP contribution in [-0.2, 0) is 9.53 Å². The Kier molecular flexibility index (Phi) is 7.67. The Morgan fingerprint density at radius 1 is 0.963 bits per heavy atom. The van der Waals surface area contributed by atoms with E-state index in [1.165, 1.54) is 23.5 Å². The molecule has 27 heavy (non-hydrogen) atoms. The van der Waals surface area contributed by atoms with Gasteiger partial charge < -0.3 is 9.47 Å². The molecule has 0 unspecified atom stereocenters. The molecule has 4 nitrogen and oxygen atoms in total. The molecule has 7 heteroatoms. The first-order chi connectivity index (χ1) is 13.1. The van der Waals surface area contributed by atoms with E-state index in [1.807, 2.05) is 47.8 Å². The highest BCUT2D eigenvalue weighted by atomic mass is 79.9. The minimum Gasteiger partial charge on any atom is -0.482 e. The van der Waals surface area contributed by atoms with Crippen LogP contribution in [0.4, 0.5) is 0 Å². The summed E-state index contributed by atoms with van der Waals surface area (Å²) in [6, 6.07) is 14.7. The van der Waals surface area contributed by atoms with Crippen LogP contribution < -0.4 is 4.74 Å². The van der Waals surface area contributed by atoms with Crippen LogP contribution in [0.2, 0.25) is 0 Å². The Balaban J connectivity index is 1.42. The molecule has 0 aromatic heterocycles. The molecule has 1 heterocycles. The highest BCUT2D eigenvalue weighted by Crippen LogP contribution is 2.43. The molecule has 0 bridgehead atoms. The van der Waals surface area contributed by atoms with Gasteiger partial charge in [-0.15, -0.1) is 23.5 Å². The van der Waals surface area contributed by atoms with Crippen LogP contribution in [0.3, 0.4) is 0 Å². The summed E-state index contributed by atoms with van der Waals surface area (Å²) >= 11 is 7.23. The smallest absolute Gasteiger partial charge is 0.344 e. The van der Waals surface area contributed by atoms with E-state index >= 15 is 0 Å². The van der Waals surface area contributed by atoms with Gasteiger partial charge in [-0.2, -0.15) is 0 Å². The molecule has 2 aromatic carbocycles. The van der Waals surface area contributed by atoms with Gasteiger partial charge in [0.15, 0.2) is 19.0 Å². The molecule has 1 aliphatic heterocycles. The zero-order valence-electron chi connectivity index (χ0n) is 14.6. The minimum atomic E-state index is -0.567. The SMILES string of the molecule is O=C(COc1ccc(C2SCCCS2)cc1)OCC(=O)c1ccc(Br)cc1. The van der Waals surface area contributed by atoms with Gasteiger partial charge in [0.1, 0.15) is 5.75 Å². The van der Waals surface area contributed by atoms with Crippen molar-refractivity contribution in [2.24, 2.45) is 0 Å². The number of ether oxygens (including phenoxy) is 2. The number of esters is 1. The van der Waals surface area contributed by atoms with Crippen LogP contribution in [0.5, 0.6) is 5.75 Å². The maximum atomic E-state index is 12.0. The van der Waals surface area contributed by atoms with E-state index < -0.39 is 5.97 Å². The highest BCUT2D eigenvalue weighted by Gasteiger charge is 2.16. The number of benzene rings is 2. The summed E-state index contributed by atoms with van der Waals surface area (Å²) in [5.41, 5.74) is 1.76. The largest absolute Gasteiger partial charge is 0.482 e. The molecule has 0 aliphatic carbocycles. The predicted molar refractivity (Wildman–Crippen MR) is 114 cm³/mol. The van der Waals surface area contributed by atoms with Gasteiger partial charge in [-0.3, -0.25) is 4.79 Å². The second kappa shape index (κ2) is 10.2. The quantitative estimate of drug-likeness (QED) is 0.416. The molecular weight excluding hydrogens is 448 g/mol. The molecule has 1 aliphatic rings. The first kappa shape index (κ1) is 20.3. The van der Waals surface area contributed by atoms with E-state index in [2.05, 4.69) is 15.9 Å². The fourth-order valence-electron chi connectivity index (χ4n) is 2.45. The number of carbonyl (C=O) groups is 2. The number of Topliss-reactive ketones (excluding diaryl/α,β-unsaturated/α-hetero) is 1. The van der Waals surface area contributed by atoms with Crippen LogP contribution in [0, 0.1) is 0 Å². The van der Waals surface area contributed by atoms with Gasteiger partial charge in [-0.05, 0) is 47.8 Å². The van der Waals surface area contributed by atoms with Crippen molar-refractivity contribution in [2.75, 3.05) is 24.7 Å². The lowest BCUT2D eigenvalue weighted by atomic mass is 10.1. The second-order valence-corrected chi connectivity index (χ2v) is 9.52. The molecular formula is C20H19BrO4S2. The number of ketones is 1. The normalized spacial score (nSPS) is 14.6. The third-order valence-corrected chi connectivity index (χ3v) is 7.41. The minimum absolute atomic E-state index is 0.222. The lowest BCUT2D eigenvalue weighted by Crippen LogP contribution is -2.19. The van der Waals surface area contributed by atoms with Crippen LogP contribution in [0.25, 0.3) is 0 Å². The molecule has 0 spiro atoms. The third-order valence-electron chi connectivity index (χ3n) is 3.87. The van der Waals surface area contributed by atoms with E-state index in [0.29, 0.717) is 15.9 Å². The predicted octanol–water partition coefficient (Wildman–Crippen LogP) is 5.12. The summed E-state index contributed by atoms with van der Waals surface area (Å²) in [6.45, 7) is -0.515. The number of thioether (sulfide) groups is 2. The molecule has 0 saturated carbocycles. The van der Waals surface area contributed by atoms with Crippen molar-refractivity contribution in [2.45, 2.75) is 11.0 Å². The zero-order chi connectivity index (χ0) is 19.1. The third kappa shape index (κ3) is 6.30. The van der Waals surface area contributed by atoms with Crippen LogP contribution in [0.1, 0.15) is 26.9 Å². The molecule has 0 radical (unpaired) electrons. The summed E-state index contributed by atoms with van der Waals surface area (Å²) in [7, 11) is 0. The van der Waals surface area contributed by atoms with Gasteiger partial charge in [0.05, 0.1) is 4.58 Å². The van der Waals surface area contributed by atoms with Crippen molar-refractivity contribution in [3.8, 4) is 5.75 Å². The lowest BCUT2D eigenvalue weighted by Gasteiger charge is -2.21. The van der Waals surface area contributed by atoms with Crippen molar-refractivity contribution in [3.05, 3.63) is 64.1 Å². The maximum Gasteiger partial charge on any atom is 0.344 e. The first-order valence-electron chi connectivity index (χ1n) is 8.52. The number of halogens is 1. The fraction of sp³-hybridized carbons (Fsp3) is 0.300. The van der Waals surface area contributed by atoms with Gasteiger partial charge in [-0.1, -0.05) is 40.2 Å². The zero-order valence-corrected chi connectivity index (χ0v) is 17.8.